The number of nitrogens with zero attached hydrogens (tertiary/aromatic N) is 3. The van der Waals surface area contributed by atoms with Crippen molar-refractivity contribution >= 4 is 23.4 Å². The third kappa shape index (κ3) is 3.13. The molecule has 120 valence electrons. The lowest BCUT2D eigenvalue weighted by Gasteiger charge is -2.30. The van der Waals surface area contributed by atoms with Crippen LogP contribution in [-0.4, -0.2) is 23.1 Å². The molecule has 2 heterocycles. The minimum absolute atomic E-state index is 0.630. The molecule has 2 aromatic rings. The van der Waals surface area contributed by atoms with Crippen molar-refractivity contribution in [1.29, 1.82) is 0 Å². The van der Waals surface area contributed by atoms with Crippen LogP contribution in [0.2, 0.25) is 5.02 Å². The number of hydrogen-bond donors (Lipinski definition) is 1. The van der Waals surface area contributed by atoms with Gasteiger partial charge in [0.25, 0.3) is 0 Å². The molecule has 4 rings (SSSR count). The normalized spacial score (nSPS) is 17.0. The van der Waals surface area contributed by atoms with Gasteiger partial charge < -0.3 is 10.2 Å². The average molecular weight is 329 g/mol. The maximum Gasteiger partial charge on any atom is 0.224 e. The van der Waals surface area contributed by atoms with E-state index in [2.05, 4.69) is 40.3 Å². The van der Waals surface area contributed by atoms with E-state index in [0.29, 0.717) is 5.92 Å². The summed E-state index contributed by atoms with van der Waals surface area (Å²) in [6, 6.07) is 8.38. The van der Waals surface area contributed by atoms with Gasteiger partial charge in [0.15, 0.2) is 0 Å². The molecule has 5 heteroatoms. The Kier molecular flexibility index (Phi) is 3.85. The van der Waals surface area contributed by atoms with Crippen molar-refractivity contribution in [2.75, 3.05) is 23.3 Å². The first-order chi connectivity index (χ1) is 11.2. The van der Waals surface area contributed by atoms with Gasteiger partial charge in [0, 0.05) is 36.6 Å². The fraction of sp³-hybridized carbons (Fsp3) is 0.444. The van der Waals surface area contributed by atoms with Crippen LogP contribution in [0.15, 0.2) is 24.3 Å². The van der Waals surface area contributed by atoms with Gasteiger partial charge in [-0.25, -0.2) is 4.98 Å². The minimum Gasteiger partial charge on any atom is -0.354 e. The van der Waals surface area contributed by atoms with E-state index in [0.717, 1.165) is 42.8 Å². The average Bonchev–Trinajstić information content (AvgIpc) is 3.39. The van der Waals surface area contributed by atoms with Crippen molar-refractivity contribution in [3.05, 3.63) is 46.1 Å². The highest BCUT2D eigenvalue weighted by atomic mass is 35.5. The van der Waals surface area contributed by atoms with Crippen molar-refractivity contribution < 1.29 is 0 Å². The molecule has 1 N–H and O–H groups in total. The second-order valence-corrected chi connectivity index (χ2v) is 6.80. The lowest BCUT2D eigenvalue weighted by molar-refractivity contribution is 0.717. The van der Waals surface area contributed by atoms with Gasteiger partial charge in [0.2, 0.25) is 5.95 Å². The van der Waals surface area contributed by atoms with E-state index in [9.17, 15) is 0 Å². The summed E-state index contributed by atoms with van der Waals surface area (Å²) in [6.45, 7) is 4.78. The third-order valence-electron chi connectivity index (χ3n) is 4.57. The monoisotopic (exact) mass is 328 g/mol. The Bertz CT molecular complexity index is 727. The number of benzene rings is 1. The molecule has 0 amide bonds. The van der Waals surface area contributed by atoms with E-state index < -0.39 is 0 Å². The molecular formula is C18H21ClN4. The highest BCUT2D eigenvalue weighted by Gasteiger charge is 2.27. The Balaban J connectivity index is 1.63. The summed E-state index contributed by atoms with van der Waals surface area (Å²) >= 11 is 6.11. The summed E-state index contributed by atoms with van der Waals surface area (Å²) in [4.78, 5) is 11.7. The second-order valence-electron chi connectivity index (χ2n) is 6.36. The SMILES string of the molecule is CCNc1nc(C2CC2)cc(N2CCc3cc(Cl)ccc3C2)n1. The van der Waals surface area contributed by atoms with E-state index in [1.165, 1.54) is 29.7 Å². The minimum atomic E-state index is 0.630. The number of aromatic nitrogens is 2. The van der Waals surface area contributed by atoms with Crippen molar-refractivity contribution in [2.24, 2.45) is 0 Å². The van der Waals surface area contributed by atoms with Crippen molar-refractivity contribution in [2.45, 2.75) is 38.6 Å². The van der Waals surface area contributed by atoms with Crippen LogP contribution in [0, 0.1) is 0 Å². The van der Waals surface area contributed by atoms with Gasteiger partial charge in [0.1, 0.15) is 5.82 Å². The molecule has 2 aliphatic rings. The van der Waals surface area contributed by atoms with E-state index in [1.807, 2.05) is 6.07 Å². The Morgan fingerprint density at radius 1 is 1.22 bits per heavy atom. The summed E-state index contributed by atoms with van der Waals surface area (Å²) < 4.78 is 0. The third-order valence-corrected chi connectivity index (χ3v) is 4.80. The van der Waals surface area contributed by atoms with Gasteiger partial charge in [-0.2, -0.15) is 4.98 Å². The van der Waals surface area contributed by atoms with Crippen molar-refractivity contribution in [3.8, 4) is 0 Å². The van der Waals surface area contributed by atoms with Gasteiger partial charge in [-0.15, -0.1) is 0 Å². The van der Waals surface area contributed by atoms with Crippen LogP contribution in [0.4, 0.5) is 11.8 Å². The number of anilines is 2. The van der Waals surface area contributed by atoms with Gasteiger partial charge in [0.05, 0.1) is 5.69 Å². The molecule has 4 nitrogen and oxygen atoms in total. The molecule has 0 saturated heterocycles. The first kappa shape index (κ1) is 14.8. The van der Waals surface area contributed by atoms with Gasteiger partial charge in [-0.1, -0.05) is 17.7 Å². The molecule has 1 aliphatic carbocycles. The molecule has 0 bridgehead atoms. The van der Waals surface area contributed by atoms with Crippen LogP contribution in [0.25, 0.3) is 0 Å². The number of hydrogen-bond acceptors (Lipinski definition) is 4. The molecule has 1 aromatic heterocycles. The molecule has 1 aromatic carbocycles. The Hall–Kier alpha value is -1.81. The molecule has 0 spiro atoms. The fourth-order valence-corrected chi connectivity index (χ4v) is 3.35. The van der Waals surface area contributed by atoms with E-state index in [-0.39, 0.29) is 0 Å². The summed E-state index contributed by atoms with van der Waals surface area (Å²) in [5.41, 5.74) is 3.89. The van der Waals surface area contributed by atoms with E-state index >= 15 is 0 Å². The summed E-state index contributed by atoms with van der Waals surface area (Å²) in [7, 11) is 0. The van der Waals surface area contributed by atoms with Gasteiger partial charge in [-0.3, -0.25) is 0 Å². The smallest absolute Gasteiger partial charge is 0.224 e. The van der Waals surface area contributed by atoms with E-state index in [1.54, 1.807) is 0 Å². The first-order valence-electron chi connectivity index (χ1n) is 8.38. The lowest BCUT2D eigenvalue weighted by atomic mass is 10.00. The van der Waals surface area contributed by atoms with E-state index in [4.69, 9.17) is 16.6 Å². The van der Waals surface area contributed by atoms with Crippen molar-refractivity contribution in [1.82, 2.24) is 9.97 Å². The number of rotatable bonds is 4. The Morgan fingerprint density at radius 3 is 2.87 bits per heavy atom. The standard InChI is InChI=1S/C18H21ClN4/c1-2-20-18-21-16(12-3-4-12)10-17(22-18)23-8-7-13-9-15(19)6-5-14(13)11-23/h5-6,9-10,12H,2-4,7-8,11H2,1H3,(H,20,21,22). The summed E-state index contributed by atoms with van der Waals surface area (Å²) in [5, 5.41) is 4.09. The second kappa shape index (κ2) is 6.00. The van der Waals surface area contributed by atoms with Crippen LogP contribution in [0.5, 0.6) is 0 Å². The molecule has 0 radical (unpaired) electrons. The molecule has 1 aliphatic heterocycles. The van der Waals surface area contributed by atoms with Gasteiger partial charge in [-0.05, 0) is 49.4 Å². The summed E-state index contributed by atoms with van der Waals surface area (Å²) in [5.74, 6) is 2.43. The highest BCUT2D eigenvalue weighted by Crippen LogP contribution is 2.40. The lowest BCUT2D eigenvalue weighted by Crippen LogP contribution is -2.31. The quantitative estimate of drug-likeness (QED) is 0.921. The summed E-state index contributed by atoms with van der Waals surface area (Å²) in [6.07, 6.45) is 3.52. The Morgan fingerprint density at radius 2 is 2.09 bits per heavy atom. The topological polar surface area (TPSA) is 41.1 Å². The predicted molar refractivity (Wildman–Crippen MR) is 94.4 cm³/mol. The van der Waals surface area contributed by atoms with Gasteiger partial charge >= 0.3 is 0 Å². The van der Waals surface area contributed by atoms with Crippen LogP contribution < -0.4 is 10.2 Å². The zero-order valence-electron chi connectivity index (χ0n) is 13.3. The van der Waals surface area contributed by atoms with Crippen LogP contribution >= 0.6 is 11.6 Å². The highest BCUT2D eigenvalue weighted by molar-refractivity contribution is 6.30. The first-order valence-corrected chi connectivity index (χ1v) is 8.76. The van der Waals surface area contributed by atoms with Crippen LogP contribution in [0.3, 0.4) is 0 Å². The molecule has 0 unspecified atom stereocenters. The zero-order chi connectivity index (χ0) is 15.8. The molecular weight excluding hydrogens is 308 g/mol. The Labute approximate surface area is 141 Å². The molecule has 1 fully saturated rings. The zero-order valence-corrected chi connectivity index (χ0v) is 14.1. The van der Waals surface area contributed by atoms with Crippen molar-refractivity contribution in [3.63, 3.8) is 0 Å². The maximum atomic E-state index is 6.11. The van der Waals surface area contributed by atoms with Crippen LogP contribution in [-0.2, 0) is 13.0 Å². The van der Waals surface area contributed by atoms with Crippen LogP contribution in [0.1, 0.15) is 42.5 Å². The largest absolute Gasteiger partial charge is 0.354 e. The molecule has 23 heavy (non-hydrogen) atoms. The molecule has 0 atom stereocenters. The number of nitrogens with one attached hydrogen (secondary N) is 1. The predicted octanol–water partition coefficient (Wildman–Crippen LogP) is 4.00. The maximum absolute atomic E-state index is 6.11. The fourth-order valence-electron chi connectivity index (χ4n) is 3.16. The number of fused-ring (bicyclic) bond motifs is 1. The number of halogens is 1. The molecule has 1 saturated carbocycles.